The second kappa shape index (κ2) is 3.33. The molecule has 0 aromatic rings. The van der Waals surface area contributed by atoms with E-state index in [1.165, 1.54) is 0 Å². The van der Waals surface area contributed by atoms with Gasteiger partial charge in [-0.2, -0.15) is 0 Å². The highest BCUT2D eigenvalue weighted by atomic mass is 16.7. The zero-order valence-electron chi connectivity index (χ0n) is 10.9. The second-order valence-corrected chi connectivity index (χ2v) is 6.46. The topological polar surface area (TPSA) is 35.5 Å². The molecule has 1 heterocycles. The summed E-state index contributed by atoms with van der Waals surface area (Å²) in [6.45, 7) is 10.3. The lowest BCUT2D eigenvalue weighted by Gasteiger charge is -2.32. The summed E-state index contributed by atoms with van der Waals surface area (Å²) in [5.41, 5.74) is -0.599. The van der Waals surface area contributed by atoms with Crippen molar-refractivity contribution in [2.75, 3.05) is 0 Å². The lowest BCUT2D eigenvalue weighted by Crippen LogP contribution is -2.41. The minimum Gasteiger partial charge on any atom is -0.403 e. The number of Topliss-reactive ketones (excluding diaryl/α,β-unsaturated/α-hetero) is 1. The van der Waals surface area contributed by atoms with Crippen molar-refractivity contribution in [1.82, 2.24) is 0 Å². The minimum absolute atomic E-state index is 0.137. The molecule has 2 aliphatic rings. The first-order chi connectivity index (χ1) is 7.16. The average molecular weight is 224 g/mol. The maximum absolute atomic E-state index is 11.4. The fourth-order valence-corrected chi connectivity index (χ4v) is 2.38. The van der Waals surface area contributed by atoms with Gasteiger partial charge in [-0.25, -0.2) is 0 Å². The first-order valence-electron chi connectivity index (χ1n) is 6.04. The molecule has 2 rings (SSSR count). The van der Waals surface area contributed by atoms with Crippen molar-refractivity contribution >= 4 is 12.9 Å². The van der Waals surface area contributed by atoms with Gasteiger partial charge in [0.15, 0.2) is 0 Å². The molecule has 4 heteroatoms. The van der Waals surface area contributed by atoms with Crippen molar-refractivity contribution in [3.8, 4) is 0 Å². The number of ketones is 1. The molecule has 0 N–H and O–H groups in total. The quantitative estimate of drug-likeness (QED) is 0.642. The van der Waals surface area contributed by atoms with Crippen molar-refractivity contribution in [3.63, 3.8) is 0 Å². The van der Waals surface area contributed by atoms with Crippen LogP contribution in [0.1, 0.15) is 53.9 Å². The van der Waals surface area contributed by atoms with Crippen LogP contribution < -0.4 is 0 Å². The van der Waals surface area contributed by atoms with Gasteiger partial charge in [-0.05, 0) is 34.1 Å². The van der Waals surface area contributed by atoms with Crippen LogP contribution in [0.2, 0.25) is 5.31 Å². The van der Waals surface area contributed by atoms with Gasteiger partial charge >= 0.3 is 7.12 Å². The lowest BCUT2D eigenvalue weighted by atomic mass is 9.57. The largest absolute Gasteiger partial charge is 0.464 e. The highest BCUT2D eigenvalue weighted by Gasteiger charge is 2.59. The van der Waals surface area contributed by atoms with Crippen LogP contribution in [0.5, 0.6) is 0 Å². The van der Waals surface area contributed by atoms with E-state index in [0.29, 0.717) is 18.6 Å². The van der Waals surface area contributed by atoms with E-state index >= 15 is 0 Å². The first-order valence-corrected chi connectivity index (χ1v) is 6.04. The molecule has 1 aliphatic carbocycles. The minimum atomic E-state index is -0.299. The van der Waals surface area contributed by atoms with Crippen molar-refractivity contribution < 1.29 is 14.1 Å². The summed E-state index contributed by atoms with van der Waals surface area (Å²) in [5, 5.41) is -0.137. The lowest BCUT2D eigenvalue weighted by molar-refractivity contribution is -0.117. The summed E-state index contributed by atoms with van der Waals surface area (Å²) in [5.74, 6) is 0.331. The molecule has 0 bridgehead atoms. The van der Waals surface area contributed by atoms with E-state index in [-0.39, 0.29) is 23.6 Å². The van der Waals surface area contributed by atoms with Gasteiger partial charge in [0, 0.05) is 18.2 Å². The Morgan fingerprint density at radius 1 is 1.06 bits per heavy atom. The predicted octanol–water partition coefficient (Wildman–Crippen LogP) is 2.59. The maximum atomic E-state index is 11.4. The van der Waals surface area contributed by atoms with Crippen LogP contribution in [-0.4, -0.2) is 24.1 Å². The van der Waals surface area contributed by atoms with Crippen molar-refractivity contribution in [2.24, 2.45) is 0 Å². The highest BCUT2D eigenvalue weighted by molar-refractivity contribution is 6.50. The molecule has 3 nitrogen and oxygen atoms in total. The number of hydrogen-bond donors (Lipinski definition) is 0. The Labute approximate surface area is 98.0 Å². The van der Waals surface area contributed by atoms with Gasteiger partial charge in [-0.1, -0.05) is 6.92 Å². The van der Waals surface area contributed by atoms with E-state index in [2.05, 4.69) is 6.92 Å². The fourth-order valence-electron chi connectivity index (χ4n) is 2.38. The third-order valence-corrected chi connectivity index (χ3v) is 4.40. The number of rotatable bonds is 1. The molecule has 2 fully saturated rings. The van der Waals surface area contributed by atoms with E-state index in [9.17, 15) is 4.79 Å². The van der Waals surface area contributed by atoms with E-state index < -0.39 is 0 Å². The normalized spacial score (nSPS) is 37.1. The smallest absolute Gasteiger partial charge is 0.403 e. The molecule has 0 aromatic heterocycles. The van der Waals surface area contributed by atoms with Crippen LogP contribution in [0.3, 0.4) is 0 Å². The maximum Gasteiger partial charge on any atom is 0.464 e. The Morgan fingerprint density at radius 2 is 1.56 bits per heavy atom. The van der Waals surface area contributed by atoms with Crippen molar-refractivity contribution in [1.29, 1.82) is 0 Å². The Balaban J connectivity index is 2.17. The highest BCUT2D eigenvalue weighted by Crippen LogP contribution is 2.51. The molecule has 0 radical (unpaired) electrons. The summed E-state index contributed by atoms with van der Waals surface area (Å²) in [6, 6.07) is 0. The monoisotopic (exact) mass is 224 g/mol. The molecule has 0 spiro atoms. The molecule has 1 saturated carbocycles. The summed E-state index contributed by atoms with van der Waals surface area (Å²) in [7, 11) is -0.246. The van der Waals surface area contributed by atoms with Gasteiger partial charge in [0.05, 0.1) is 11.2 Å². The van der Waals surface area contributed by atoms with Gasteiger partial charge in [0.2, 0.25) is 0 Å². The molecule has 0 aromatic carbocycles. The van der Waals surface area contributed by atoms with E-state index in [0.717, 1.165) is 6.42 Å². The van der Waals surface area contributed by atoms with Crippen LogP contribution in [0.15, 0.2) is 0 Å². The van der Waals surface area contributed by atoms with Gasteiger partial charge in [-0.3, -0.25) is 4.79 Å². The Kier molecular flexibility index (Phi) is 2.52. The molecule has 0 unspecified atom stereocenters. The van der Waals surface area contributed by atoms with E-state index in [4.69, 9.17) is 9.31 Å². The SMILES string of the molecule is CC1(C)OB([C@@]2(C)CCC(=O)C2)OC1(C)C. The third kappa shape index (κ3) is 1.72. The number of hydrogen-bond acceptors (Lipinski definition) is 3. The molecular weight excluding hydrogens is 203 g/mol. The molecule has 1 aliphatic heterocycles. The van der Waals surface area contributed by atoms with Gasteiger partial charge in [-0.15, -0.1) is 0 Å². The van der Waals surface area contributed by atoms with Crippen LogP contribution in [0.25, 0.3) is 0 Å². The van der Waals surface area contributed by atoms with Crippen LogP contribution in [0, 0.1) is 0 Å². The van der Waals surface area contributed by atoms with Gasteiger partial charge in [0.25, 0.3) is 0 Å². The molecule has 0 amide bonds. The van der Waals surface area contributed by atoms with Crippen LogP contribution in [-0.2, 0) is 14.1 Å². The Morgan fingerprint density at radius 3 is 1.94 bits per heavy atom. The zero-order valence-corrected chi connectivity index (χ0v) is 10.9. The summed E-state index contributed by atoms with van der Waals surface area (Å²) in [6.07, 6.45) is 2.13. The predicted molar refractivity (Wildman–Crippen MR) is 63.3 cm³/mol. The van der Waals surface area contributed by atoms with Crippen molar-refractivity contribution in [2.45, 2.75) is 70.4 Å². The number of carbonyl (C=O) groups is 1. The van der Waals surface area contributed by atoms with Gasteiger partial charge < -0.3 is 9.31 Å². The van der Waals surface area contributed by atoms with Crippen LogP contribution >= 0.6 is 0 Å². The Bertz CT molecular complexity index is 308. The zero-order chi connectivity index (χ0) is 12.2. The Hall–Kier alpha value is -0.345. The van der Waals surface area contributed by atoms with Crippen LogP contribution in [0.4, 0.5) is 0 Å². The van der Waals surface area contributed by atoms with Crippen molar-refractivity contribution in [3.05, 3.63) is 0 Å². The molecule has 90 valence electrons. The molecule has 1 saturated heterocycles. The standard InChI is InChI=1S/C12H21BO3/c1-10(2)11(3,4)16-13(15-10)12(5)7-6-9(14)8-12/h6-8H2,1-5H3/t12-/m0/s1. The average Bonchev–Trinajstić information content (AvgIpc) is 2.54. The molecule has 16 heavy (non-hydrogen) atoms. The molecule has 1 atom stereocenters. The summed E-state index contributed by atoms with van der Waals surface area (Å²) in [4.78, 5) is 11.4. The summed E-state index contributed by atoms with van der Waals surface area (Å²) >= 11 is 0. The number of carbonyl (C=O) groups excluding carboxylic acids is 1. The molecular formula is C12H21BO3. The second-order valence-electron chi connectivity index (χ2n) is 6.46. The summed E-state index contributed by atoms with van der Waals surface area (Å²) < 4.78 is 12.0. The van der Waals surface area contributed by atoms with E-state index in [1.54, 1.807) is 0 Å². The third-order valence-electron chi connectivity index (χ3n) is 4.40. The van der Waals surface area contributed by atoms with E-state index in [1.807, 2.05) is 27.7 Å². The van der Waals surface area contributed by atoms with Gasteiger partial charge in [0.1, 0.15) is 5.78 Å². The fraction of sp³-hybridized carbons (Fsp3) is 0.917. The first kappa shape index (κ1) is 12.1.